The highest BCUT2D eigenvalue weighted by Gasteiger charge is 2.36. The van der Waals surface area contributed by atoms with Crippen LogP contribution >= 0.6 is 23.4 Å². The molecule has 0 aromatic carbocycles. The predicted octanol–water partition coefficient (Wildman–Crippen LogP) is 3.08. The number of sulfonamides is 1. The quantitative estimate of drug-likeness (QED) is 0.785. The second-order valence-electron chi connectivity index (χ2n) is 6.39. The largest absolute Gasteiger partial charge is 0.346 e. The molecule has 2 heterocycles. The third-order valence-electron chi connectivity index (χ3n) is 4.01. The van der Waals surface area contributed by atoms with Gasteiger partial charge in [-0.05, 0) is 32.8 Å². The molecule has 118 valence electrons. The minimum atomic E-state index is -3.41. The van der Waals surface area contributed by atoms with Crippen LogP contribution < -0.4 is 0 Å². The Labute approximate surface area is 135 Å². The maximum Gasteiger partial charge on any atom is 0.244 e. The third-order valence-corrected chi connectivity index (χ3v) is 7.39. The first-order valence-electron chi connectivity index (χ1n) is 7.24. The Morgan fingerprint density at radius 3 is 2.71 bits per heavy atom. The summed E-state index contributed by atoms with van der Waals surface area (Å²) in [5, 5.41) is 0. The second kappa shape index (κ2) is 5.48. The first-order valence-corrected chi connectivity index (χ1v) is 10.2. The highest BCUT2D eigenvalue weighted by Crippen LogP contribution is 2.39. The maximum absolute atomic E-state index is 12.9. The van der Waals surface area contributed by atoms with Crippen LogP contribution in [0.2, 0.25) is 0 Å². The van der Waals surface area contributed by atoms with E-state index in [1.165, 1.54) is 0 Å². The van der Waals surface area contributed by atoms with Crippen molar-refractivity contribution < 1.29 is 8.42 Å². The standard InChI is InChI=1S/C14H21ClN2O2S2/c1-14(2)10-16(5-6-20-14)21(18,19)13-7-12(8-15)17(9-13)11-3-4-11/h7,9,11H,3-6,8,10H2,1-2H3. The molecule has 2 aliphatic rings. The van der Waals surface area contributed by atoms with Gasteiger partial charge in [-0.25, -0.2) is 8.42 Å². The molecule has 1 aliphatic heterocycles. The number of thioether (sulfide) groups is 1. The fraction of sp³-hybridized carbons (Fsp3) is 0.714. The molecule has 2 fully saturated rings. The Morgan fingerprint density at radius 2 is 2.14 bits per heavy atom. The van der Waals surface area contributed by atoms with Crippen LogP contribution in [-0.4, -0.2) is 40.9 Å². The minimum absolute atomic E-state index is 0.0281. The Bertz CT molecular complexity index is 635. The number of alkyl halides is 1. The van der Waals surface area contributed by atoms with Crippen LogP contribution in [0, 0.1) is 0 Å². The van der Waals surface area contributed by atoms with E-state index in [0.717, 1.165) is 24.3 Å². The van der Waals surface area contributed by atoms with E-state index in [9.17, 15) is 8.42 Å². The molecule has 0 amide bonds. The van der Waals surface area contributed by atoms with Crippen LogP contribution in [0.1, 0.15) is 38.4 Å². The van der Waals surface area contributed by atoms with E-state index in [1.54, 1.807) is 16.6 Å². The molecule has 0 bridgehead atoms. The predicted molar refractivity (Wildman–Crippen MR) is 87.6 cm³/mol. The average molecular weight is 349 g/mol. The molecule has 7 heteroatoms. The molecule has 4 nitrogen and oxygen atoms in total. The van der Waals surface area contributed by atoms with Gasteiger partial charge in [0.05, 0.1) is 5.88 Å². The molecule has 21 heavy (non-hydrogen) atoms. The molecule has 1 aromatic heterocycles. The summed E-state index contributed by atoms with van der Waals surface area (Å²) < 4.78 is 29.4. The van der Waals surface area contributed by atoms with Gasteiger partial charge in [0.2, 0.25) is 10.0 Å². The zero-order valence-corrected chi connectivity index (χ0v) is 14.8. The lowest BCUT2D eigenvalue weighted by atomic mass is 10.2. The lowest BCUT2D eigenvalue weighted by molar-refractivity contribution is 0.387. The molecular formula is C14H21ClN2O2S2. The molecule has 0 N–H and O–H groups in total. The van der Waals surface area contributed by atoms with Crippen molar-refractivity contribution in [2.45, 2.75) is 48.3 Å². The van der Waals surface area contributed by atoms with Crippen LogP contribution in [0.5, 0.6) is 0 Å². The minimum Gasteiger partial charge on any atom is -0.346 e. The molecule has 0 spiro atoms. The van der Waals surface area contributed by atoms with Crippen LogP contribution in [0.15, 0.2) is 17.2 Å². The van der Waals surface area contributed by atoms with Gasteiger partial charge < -0.3 is 4.57 Å². The number of rotatable bonds is 4. The molecule has 1 saturated carbocycles. The van der Waals surface area contributed by atoms with Crippen molar-refractivity contribution in [3.63, 3.8) is 0 Å². The molecular weight excluding hydrogens is 328 g/mol. The summed E-state index contributed by atoms with van der Waals surface area (Å²) in [7, 11) is -3.41. The van der Waals surface area contributed by atoms with Gasteiger partial charge in [0.1, 0.15) is 4.90 Å². The average Bonchev–Trinajstić information content (AvgIpc) is 3.16. The fourth-order valence-corrected chi connectivity index (χ4v) is 5.94. The van der Waals surface area contributed by atoms with E-state index in [4.69, 9.17) is 11.6 Å². The number of nitrogens with zero attached hydrogens (tertiary/aromatic N) is 2. The molecule has 0 unspecified atom stereocenters. The Kier molecular flexibility index (Phi) is 4.10. The monoisotopic (exact) mass is 348 g/mol. The van der Waals surface area contributed by atoms with Crippen molar-refractivity contribution in [2.75, 3.05) is 18.8 Å². The number of halogens is 1. The van der Waals surface area contributed by atoms with Gasteiger partial charge in [0, 0.05) is 41.5 Å². The Balaban J connectivity index is 1.91. The summed E-state index contributed by atoms with van der Waals surface area (Å²) in [5.74, 6) is 1.20. The summed E-state index contributed by atoms with van der Waals surface area (Å²) in [6.45, 7) is 5.34. The molecule has 1 aromatic rings. The van der Waals surface area contributed by atoms with Crippen molar-refractivity contribution >= 4 is 33.4 Å². The molecule has 0 atom stereocenters. The Hall–Kier alpha value is -0.170. The number of hydrogen-bond acceptors (Lipinski definition) is 3. The summed E-state index contributed by atoms with van der Waals surface area (Å²) in [5.41, 5.74) is 0.906. The Morgan fingerprint density at radius 1 is 1.43 bits per heavy atom. The van der Waals surface area contributed by atoms with Gasteiger partial charge >= 0.3 is 0 Å². The van der Waals surface area contributed by atoms with Gasteiger partial charge in [-0.2, -0.15) is 16.1 Å². The molecule has 1 saturated heterocycles. The van der Waals surface area contributed by atoms with Crippen LogP contribution in [0.25, 0.3) is 0 Å². The van der Waals surface area contributed by atoms with Crippen LogP contribution in [-0.2, 0) is 15.9 Å². The van der Waals surface area contributed by atoms with E-state index in [0.29, 0.717) is 29.9 Å². The van der Waals surface area contributed by atoms with Crippen molar-refractivity contribution in [2.24, 2.45) is 0 Å². The summed E-state index contributed by atoms with van der Waals surface area (Å²) in [6, 6.07) is 2.19. The first-order chi connectivity index (χ1) is 9.83. The molecule has 1 aliphatic carbocycles. The van der Waals surface area contributed by atoms with Crippen molar-refractivity contribution in [1.82, 2.24) is 8.87 Å². The van der Waals surface area contributed by atoms with Gasteiger partial charge in [-0.3, -0.25) is 0 Å². The second-order valence-corrected chi connectivity index (χ2v) is 10.4. The van der Waals surface area contributed by atoms with Crippen LogP contribution in [0.3, 0.4) is 0 Å². The van der Waals surface area contributed by atoms with E-state index in [-0.39, 0.29) is 4.75 Å². The zero-order chi connectivity index (χ0) is 15.3. The smallest absolute Gasteiger partial charge is 0.244 e. The number of hydrogen-bond donors (Lipinski definition) is 0. The van der Waals surface area contributed by atoms with E-state index < -0.39 is 10.0 Å². The lowest BCUT2D eigenvalue weighted by Gasteiger charge is -2.36. The zero-order valence-electron chi connectivity index (χ0n) is 12.4. The van der Waals surface area contributed by atoms with E-state index in [1.807, 2.05) is 16.3 Å². The first kappa shape index (κ1) is 15.7. The van der Waals surface area contributed by atoms with Gasteiger partial charge in [0.15, 0.2) is 0 Å². The summed E-state index contributed by atoms with van der Waals surface area (Å²) in [6.07, 6.45) is 4.01. The van der Waals surface area contributed by atoms with Gasteiger partial charge in [-0.1, -0.05) is 0 Å². The third kappa shape index (κ3) is 3.14. The van der Waals surface area contributed by atoms with Crippen LogP contribution in [0.4, 0.5) is 0 Å². The fourth-order valence-electron chi connectivity index (χ4n) is 2.76. The van der Waals surface area contributed by atoms with Crippen molar-refractivity contribution in [3.05, 3.63) is 18.0 Å². The normalized spacial score (nSPS) is 23.4. The van der Waals surface area contributed by atoms with E-state index >= 15 is 0 Å². The summed E-state index contributed by atoms with van der Waals surface area (Å²) >= 11 is 7.80. The highest BCUT2D eigenvalue weighted by atomic mass is 35.5. The summed E-state index contributed by atoms with van der Waals surface area (Å²) in [4.78, 5) is 0.396. The SMILES string of the molecule is CC1(C)CN(S(=O)(=O)c2cc(CCl)n(C3CC3)c2)CCS1. The van der Waals surface area contributed by atoms with Crippen molar-refractivity contribution in [3.8, 4) is 0 Å². The molecule has 0 radical (unpaired) electrons. The highest BCUT2D eigenvalue weighted by molar-refractivity contribution is 8.00. The van der Waals surface area contributed by atoms with Crippen molar-refractivity contribution in [1.29, 1.82) is 0 Å². The topological polar surface area (TPSA) is 42.3 Å². The van der Waals surface area contributed by atoms with Gasteiger partial charge in [0.25, 0.3) is 0 Å². The lowest BCUT2D eigenvalue weighted by Crippen LogP contribution is -2.45. The maximum atomic E-state index is 12.9. The number of aromatic nitrogens is 1. The van der Waals surface area contributed by atoms with Gasteiger partial charge in [-0.15, -0.1) is 11.6 Å². The molecule has 3 rings (SSSR count). The van der Waals surface area contributed by atoms with E-state index in [2.05, 4.69) is 13.8 Å².